The molecule has 92 valence electrons. The molecule has 0 spiro atoms. The van der Waals surface area contributed by atoms with Gasteiger partial charge in [-0.1, -0.05) is 13.8 Å². The van der Waals surface area contributed by atoms with Crippen LogP contribution in [0, 0.1) is 0 Å². The van der Waals surface area contributed by atoms with Crippen LogP contribution in [0.1, 0.15) is 13.8 Å². The van der Waals surface area contributed by atoms with Crippen molar-refractivity contribution in [3.63, 3.8) is 0 Å². The average Bonchev–Trinajstić information content (AvgIpc) is 2.30. The van der Waals surface area contributed by atoms with Crippen molar-refractivity contribution in [2.45, 2.75) is 24.0 Å². The van der Waals surface area contributed by atoms with E-state index >= 15 is 0 Å². The fourth-order valence-electron chi connectivity index (χ4n) is 1.16. The molecule has 0 heterocycles. The van der Waals surface area contributed by atoms with E-state index in [2.05, 4.69) is 23.9 Å². The molecule has 0 unspecified atom stereocenters. The van der Waals surface area contributed by atoms with Gasteiger partial charge in [-0.3, -0.25) is 4.79 Å². The van der Waals surface area contributed by atoms with Crippen molar-refractivity contribution in [1.82, 2.24) is 0 Å². The largest absolute Gasteiger partial charge is 0.462 e. The van der Waals surface area contributed by atoms with Crippen molar-refractivity contribution >= 4 is 29.3 Å². The Bertz CT molecular complexity index is 401. The van der Waals surface area contributed by atoms with Crippen LogP contribution in [0.15, 0.2) is 29.2 Å². The smallest absolute Gasteiger partial charge is 0.396 e. The number of rotatable bonds is 3. The maximum atomic E-state index is 11.2. The van der Waals surface area contributed by atoms with Crippen molar-refractivity contribution in [2.24, 2.45) is 0 Å². The molecule has 0 saturated carbocycles. The van der Waals surface area contributed by atoms with Crippen LogP contribution in [0.3, 0.4) is 0 Å². The second-order valence-electron chi connectivity index (χ2n) is 3.64. The maximum Gasteiger partial charge on any atom is 0.396 e. The van der Waals surface area contributed by atoms with Gasteiger partial charge in [0, 0.05) is 15.8 Å². The molecule has 1 N–H and O–H groups in total. The highest BCUT2D eigenvalue weighted by molar-refractivity contribution is 7.99. The lowest BCUT2D eigenvalue weighted by Crippen LogP contribution is -2.23. The molecule has 0 aromatic heterocycles. The van der Waals surface area contributed by atoms with Crippen LogP contribution >= 0.6 is 11.8 Å². The Hall–Kier alpha value is -1.49. The van der Waals surface area contributed by atoms with E-state index in [0.29, 0.717) is 10.9 Å². The van der Waals surface area contributed by atoms with E-state index < -0.39 is 11.9 Å². The lowest BCUT2D eigenvalue weighted by molar-refractivity contribution is -0.150. The Morgan fingerprint density at radius 2 is 1.82 bits per heavy atom. The summed E-state index contributed by atoms with van der Waals surface area (Å²) in [4.78, 5) is 23.2. The molecule has 0 saturated heterocycles. The molecule has 0 aliphatic rings. The van der Waals surface area contributed by atoms with Gasteiger partial charge in [0.1, 0.15) is 0 Å². The summed E-state index contributed by atoms with van der Waals surface area (Å²) in [6, 6.07) is 7.31. The lowest BCUT2D eigenvalue weighted by atomic mass is 10.3. The molecule has 4 nitrogen and oxygen atoms in total. The van der Waals surface area contributed by atoms with Crippen LogP contribution in [0.4, 0.5) is 5.69 Å². The van der Waals surface area contributed by atoms with Gasteiger partial charge in [-0.05, 0) is 24.3 Å². The van der Waals surface area contributed by atoms with Crippen molar-refractivity contribution in [3.05, 3.63) is 24.3 Å². The first-order valence-electron chi connectivity index (χ1n) is 5.19. The van der Waals surface area contributed by atoms with Crippen LogP contribution in [-0.4, -0.2) is 24.2 Å². The van der Waals surface area contributed by atoms with Gasteiger partial charge in [-0.15, -0.1) is 11.8 Å². The minimum Gasteiger partial charge on any atom is -0.462 e. The maximum absolute atomic E-state index is 11.2. The normalized spacial score (nSPS) is 10.1. The third kappa shape index (κ3) is 4.48. The highest BCUT2D eigenvalue weighted by atomic mass is 32.2. The Labute approximate surface area is 105 Å². The number of anilines is 1. The predicted molar refractivity (Wildman–Crippen MR) is 68.1 cm³/mol. The molecule has 1 rings (SSSR count). The zero-order valence-corrected chi connectivity index (χ0v) is 10.8. The van der Waals surface area contributed by atoms with Crippen LogP contribution in [-0.2, 0) is 14.3 Å². The topological polar surface area (TPSA) is 55.4 Å². The molecule has 0 bridgehead atoms. The molecule has 1 amide bonds. The first-order chi connectivity index (χ1) is 8.02. The fourth-order valence-corrected chi connectivity index (χ4v) is 2.00. The molecule has 1 aromatic rings. The summed E-state index contributed by atoms with van der Waals surface area (Å²) in [5, 5.41) is 2.96. The van der Waals surface area contributed by atoms with Crippen LogP contribution < -0.4 is 5.32 Å². The van der Waals surface area contributed by atoms with Gasteiger partial charge in [-0.2, -0.15) is 0 Å². The molecule has 0 aliphatic heterocycles. The number of ether oxygens (including phenoxy) is 1. The SMILES string of the molecule is COC(=O)C(=O)Nc1ccc(SC(C)C)cc1. The van der Waals surface area contributed by atoms with Gasteiger partial charge in [0.15, 0.2) is 0 Å². The molecule has 0 radical (unpaired) electrons. The standard InChI is InChI=1S/C12H15NO3S/c1-8(2)17-10-6-4-9(5-7-10)13-11(14)12(15)16-3/h4-8H,1-3H3,(H,13,14). The Kier molecular flexibility index (Phi) is 5.03. The van der Waals surface area contributed by atoms with E-state index in [1.54, 1.807) is 23.9 Å². The van der Waals surface area contributed by atoms with E-state index in [-0.39, 0.29) is 0 Å². The highest BCUT2D eigenvalue weighted by Crippen LogP contribution is 2.24. The number of esters is 1. The van der Waals surface area contributed by atoms with Crippen molar-refractivity contribution in [3.8, 4) is 0 Å². The van der Waals surface area contributed by atoms with Crippen molar-refractivity contribution in [1.29, 1.82) is 0 Å². The number of methoxy groups -OCH3 is 1. The molecule has 0 fully saturated rings. The van der Waals surface area contributed by atoms with Gasteiger partial charge < -0.3 is 10.1 Å². The Morgan fingerprint density at radius 1 is 1.24 bits per heavy atom. The first-order valence-corrected chi connectivity index (χ1v) is 6.07. The van der Waals surface area contributed by atoms with E-state index in [4.69, 9.17) is 0 Å². The molecule has 17 heavy (non-hydrogen) atoms. The third-order valence-corrected chi connectivity index (χ3v) is 2.87. The number of carbonyl (C=O) groups is 2. The van der Waals surface area contributed by atoms with Crippen molar-refractivity contribution in [2.75, 3.05) is 12.4 Å². The van der Waals surface area contributed by atoms with E-state index in [9.17, 15) is 9.59 Å². The van der Waals surface area contributed by atoms with E-state index in [1.807, 2.05) is 12.1 Å². The van der Waals surface area contributed by atoms with Gasteiger partial charge in [0.05, 0.1) is 7.11 Å². The number of hydrogen-bond donors (Lipinski definition) is 1. The molecular weight excluding hydrogens is 238 g/mol. The summed E-state index contributed by atoms with van der Waals surface area (Å²) in [6.07, 6.45) is 0. The first kappa shape index (κ1) is 13.6. The number of nitrogens with one attached hydrogen (secondary N) is 1. The summed E-state index contributed by atoms with van der Waals surface area (Å²) in [5.74, 6) is -1.66. The summed E-state index contributed by atoms with van der Waals surface area (Å²) in [5.41, 5.74) is 0.577. The van der Waals surface area contributed by atoms with Crippen LogP contribution in [0.5, 0.6) is 0 Å². The number of amides is 1. The van der Waals surface area contributed by atoms with Crippen LogP contribution in [0.2, 0.25) is 0 Å². The summed E-state index contributed by atoms with van der Waals surface area (Å²) >= 11 is 1.73. The number of carbonyl (C=O) groups excluding carboxylic acids is 2. The third-order valence-electron chi connectivity index (χ3n) is 1.85. The molecule has 0 aliphatic carbocycles. The number of thioether (sulfide) groups is 1. The summed E-state index contributed by atoms with van der Waals surface area (Å²) in [7, 11) is 1.17. The van der Waals surface area contributed by atoms with E-state index in [0.717, 1.165) is 4.90 Å². The quantitative estimate of drug-likeness (QED) is 0.510. The molecule has 5 heteroatoms. The summed E-state index contributed by atoms with van der Waals surface area (Å²) < 4.78 is 4.31. The zero-order valence-electron chi connectivity index (χ0n) is 10.0. The zero-order chi connectivity index (χ0) is 12.8. The average molecular weight is 253 g/mol. The molecular formula is C12H15NO3S. The second-order valence-corrected chi connectivity index (χ2v) is 5.29. The monoisotopic (exact) mass is 253 g/mol. The predicted octanol–water partition coefficient (Wildman–Crippen LogP) is 2.30. The van der Waals surface area contributed by atoms with Gasteiger partial charge in [0.2, 0.25) is 0 Å². The lowest BCUT2D eigenvalue weighted by Gasteiger charge is -2.06. The Balaban J connectivity index is 2.62. The molecule has 0 atom stereocenters. The van der Waals surface area contributed by atoms with Gasteiger partial charge in [-0.25, -0.2) is 4.79 Å². The van der Waals surface area contributed by atoms with Gasteiger partial charge >= 0.3 is 11.9 Å². The highest BCUT2D eigenvalue weighted by Gasteiger charge is 2.13. The second kappa shape index (κ2) is 6.30. The Morgan fingerprint density at radius 3 is 2.29 bits per heavy atom. The molecule has 1 aromatic carbocycles. The minimum absolute atomic E-state index is 0.505. The fraction of sp³-hybridized carbons (Fsp3) is 0.333. The summed E-state index contributed by atoms with van der Waals surface area (Å²) in [6.45, 7) is 4.22. The number of benzene rings is 1. The number of hydrogen-bond acceptors (Lipinski definition) is 4. The minimum atomic E-state index is -0.898. The van der Waals surface area contributed by atoms with E-state index in [1.165, 1.54) is 7.11 Å². The van der Waals surface area contributed by atoms with Crippen molar-refractivity contribution < 1.29 is 14.3 Å². The van der Waals surface area contributed by atoms with Crippen LogP contribution in [0.25, 0.3) is 0 Å². The van der Waals surface area contributed by atoms with Gasteiger partial charge in [0.25, 0.3) is 0 Å².